The molecule has 7 heteroatoms. The third kappa shape index (κ3) is 2.44. The van der Waals surface area contributed by atoms with Crippen LogP contribution in [0.4, 0.5) is 5.69 Å². The van der Waals surface area contributed by atoms with Crippen LogP contribution >= 0.6 is 0 Å². The molecule has 7 nitrogen and oxygen atoms in total. The van der Waals surface area contributed by atoms with Gasteiger partial charge < -0.3 is 15.1 Å². The Kier molecular flexibility index (Phi) is 3.10. The zero-order chi connectivity index (χ0) is 12.4. The van der Waals surface area contributed by atoms with Gasteiger partial charge in [0, 0.05) is 31.7 Å². The van der Waals surface area contributed by atoms with Crippen LogP contribution in [0, 0.1) is 5.92 Å². The minimum absolute atomic E-state index is 0.0223. The zero-order valence-electron chi connectivity index (χ0n) is 9.11. The topological polar surface area (TPSA) is 95.7 Å². The lowest BCUT2D eigenvalue weighted by atomic mass is 10.1. The second-order valence-corrected chi connectivity index (χ2v) is 4.05. The number of aliphatic hydroxyl groups is 1. The van der Waals surface area contributed by atoms with E-state index in [0.29, 0.717) is 18.7 Å². The fraction of sp³-hybridized carbons (Fsp3) is 0.500. The Labute approximate surface area is 97.3 Å². The molecule has 1 amide bonds. The van der Waals surface area contributed by atoms with Gasteiger partial charge in [-0.3, -0.25) is 14.3 Å². The Hall–Kier alpha value is -1.89. The molecule has 1 unspecified atom stereocenters. The molecule has 0 saturated carbocycles. The summed E-state index contributed by atoms with van der Waals surface area (Å²) >= 11 is 0. The van der Waals surface area contributed by atoms with Crippen molar-refractivity contribution < 1.29 is 19.8 Å². The smallest absolute Gasteiger partial charge is 0.325 e. The predicted molar refractivity (Wildman–Crippen MR) is 57.4 cm³/mol. The zero-order valence-corrected chi connectivity index (χ0v) is 9.11. The molecule has 0 aliphatic carbocycles. The molecule has 1 aliphatic rings. The van der Waals surface area contributed by atoms with E-state index >= 15 is 0 Å². The number of amides is 1. The number of carboxylic acids is 1. The lowest BCUT2D eigenvalue weighted by molar-refractivity contribution is -0.137. The van der Waals surface area contributed by atoms with E-state index in [9.17, 15) is 9.59 Å². The van der Waals surface area contributed by atoms with E-state index in [-0.39, 0.29) is 25.0 Å². The van der Waals surface area contributed by atoms with Gasteiger partial charge in [-0.1, -0.05) is 0 Å². The van der Waals surface area contributed by atoms with Gasteiger partial charge in [-0.2, -0.15) is 5.10 Å². The van der Waals surface area contributed by atoms with Crippen LogP contribution < -0.4 is 4.90 Å². The van der Waals surface area contributed by atoms with E-state index in [0.717, 1.165) is 0 Å². The van der Waals surface area contributed by atoms with E-state index < -0.39 is 5.97 Å². The molecule has 1 saturated heterocycles. The molecule has 17 heavy (non-hydrogen) atoms. The molecule has 0 bridgehead atoms. The second-order valence-electron chi connectivity index (χ2n) is 4.05. The van der Waals surface area contributed by atoms with Crippen molar-refractivity contribution in [2.45, 2.75) is 13.0 Å². The van der Waals surface area contributed by atoms with Crippen LogP contribution in [0.2, 0.25) is 0 Å². The summed E-state index contributed by atoms with van der Waals surface area (Å²) in [5.74, 6) is -1.11. The third-order valence-electron chi connectivity index (χ3n) is 2.69. The van der Waals surface area contributed by atoms with E-state index in [1.165, 1.54) is 22.0 Å². The Morgan fingerprint density at radius 3 is 2.94 bits per heavy atom. The minimum Gasteiger partial charge on any atom is -0.480 e. The van der Waals surface area contributed by atoms with Crippen molar-refractivity contribution >= 4 is 17.6 Å². The molecular weight excluding hydrogens is 226 g/mol. The van der Waals surface area contributed by atoms with Crippen molar-refractivity contribution in [1.29, 1.82) is 0 Å². The van der Waals surface area contributed by atoms with Crippen LogP contribution in [-0.2, 0) is 16.1 Å². The molecule has 1 aliphatic heterocycles. The molecule has 0 aromatic carbocycles. The van der Waals surface area contributed by atoms with Crippen molar-refractivity contribution in [3.8, 4) is 0 Å². The average molecular weight is 239 g/mol. The summed E-state index contributed by atoms with van der Waals surface area (Å²) < 4.78 is 1.26. The number of hydrogen-bond acceptors (Lipinski definition) is 4. The van der Waals surface area contributed by atoms with E-state index in [1.807, 2.05) is 0 Å². The van der Waals surface area contributed by atoms with Gasteiger partial charge in [-0.05, 0) is 0 Å². The number of aliphatic hydroxyl groups excluding tert-OH is 1. The van der Waals surface area contributed by atoms with E-state index in [2.05, 4.69) is 5.10 Å². The van der Waals surface area contributed by atoms with Gasteiger partial charge in [0.05, 0.1) is 11.9 Å². The van der Waals surface area contributed by atoms with Crippen LogP contribution in [0.1, 0.15) is 6.42 Å². The summed E-state index contributed by atoms with van der Waals surface area (Å²) in [6.07, 6.45) is 3.30. The van der Waals surface area contributed by atoms with Crippen LogP contribution in [0.5, 0.6) is 0 Å². The van der Waals surface area contributed by atoms with Gasteiger partial charge >= 0.3 is 5.97 Å². The number of aliphatic carboxylic acids is 1. The molecule has 2 heterocycles. The van der Waals surface area contributed by atoms with Gasteiger partial charge in [0.25, 0.3) is 0 Å². The average Bonchev–Trinajstić information content (AvgIpc) is 2.83. The van der Waals surface area contributed by atoms with Gasteiger partial charge in [-0.25, -0.2) is 0 Å². The fourth-order valence-corrected chi connectivity index (χ4v) is 1.87. The molecular formula is C10H13N3O4. The quantitative estimate of drug-likeness (QED) is 0.725. The first-order chi connectivity index (χ1) is 8.10. The van der Waals surface area contributed by atoms with Crippen molar-refractivity contribution in [3.05, 3.63) is 12.4 Å². The van der Waals surface area contributed by atoms with Crippen LogP contribution in [0.3, 0.4) is 0 Å². The van der Waals surface area contributed by atoms with Gasteiger partial charge in [0.1, 0.15) is 6.54 Å². The predicted octanol–water partition coefficient (Wildman–Crippen LogP) is -0.687. The molecule has 0 spiro atoms. The minimum atomic E-state index is -0.986. The molecule has 1 aromatic rings. The summed E-state index contributed by atoms with van der Waals surface area (Å²) in [6, 6.07) is 0. The summed E-state index contributed by atoms with van der Waals surface area (Å²) in [7, 11) is 0. The molecule has 92 valence electrons. The maximum absolute atomic E-state index is 11.6. The maximum Gasteiger partial charge on any atom is 0.325 e. The number of rotatable bonds is 4. The highest BCUT2D eigenvalue weighted by Crippen LogP contribution is 2.24. The highest BCUT2D eigenvalue weighted by molar-refractivity contribution is 5.95. The number of aromatic nitrogens is 2. The maximum atomic E-state index is 11.6. The van der Waals surface area contributed by atoms with Crippen LogP contribution in [0.25, 0.3) is 0 Å². The van der Waals surface area contributed by atoms with Gasteiger partial charge in [-0.15, -0.1) is 0 Å². The normalized spacial score (nSPS) is 19.9. The number of carbonyl (C=O) groups excluding carboxylic acids is 1. The van der Waals surface area contributed by atoms with E-state index in [4.69, 9.17) is 10.2 Å². The monoisotopic (exact) mass is 239 g/mol. The summed E-state index contributed by atoms with van der Waals surface area (Å²) in [6.45, 7) is 0.199. The molecule has 1 aromatic heterocycles. The number of hydrogen-bond donors (Lipinski definition) is 2. The molecule has 2 rings (SSSR count). The van der Waals surface area contributed by atoms with Crippen molar-refractivity contribution in [2.24, 2.45) is 5.92 Å². The summed E-state index contributed by atoms with van der Waals surface area (Å²) in [5.41, 5.74) is 0.576. The molecule has 1 fully saturated rings. The highest BCUT2D eigenvalue weighted by Gasteiger charge is 2.30. The van der Waals surface area contributed by atoms with Crippen LogP contribution in [-0.4, -0.2) is 45.0 Å². The first kappa shape index (κ1) is 11.6. The molecule has 1 atom stereocenters. The standard InChI is InChI=1S/C10H13N3O4/c14-6-7-1-9(15)13(3-7)8-2-11-12(4-8)5-10(16)17/h2,4,7,14H,1,3,5-6H2,(H,16,17). The Morgan fingerprint density at radius 1 is 1.59 bits per heavy atom. The lowest BCUT2D eigenvalue weighted by Crippen LogP contribution is -2.24. The number of carbonyl (C=O) groups is 2. The second kappa shape index (κ2) is 4.54. The Balaban J connectivity index is 2.10. The van der Waals surface area contributed by atoms with Crippen molar-refractivity contribution in [1.82, 2.24) is 9.78 Å². The van der Waals surface area contributed by atoms with E-state index in [1.54, 1.807) is 0 Å². The first-order valence-corrected chi connectivity index (χ1v) is 5.25. The van der Waals surface area contributed by atoms with Gasteiger partial charge in [0.15, 0.2) is 0 Å². The Morgan fingerprint density at radius 2 is 2.35 bits per heavy atom. The number of anilines is 1. The van der Waals surface area contributed by atoms with Gasteiger partial charge in [0.2, 0.25) is 5.91 Å². The number of nitrogens with zero attached hydrogens (tertiary/aromatic N) is 3. The Bertz CT molecular complexity index is 443. The largest absolute Gasteiger partial charge is 0.480 e. The van der Waals surface area contributed by atoms with Crippen molar-refractivity contribution in [2.75, 3.05) is 18.1 Å². The summed E-state index contributed by atoms with van der Waals surface area (Å²) in [4.78, 5) is 23.6. The SMILES string of the molecule is O=C(O)Cn1cc(N2CC(CO)CC2=O)cn1. The highest BCUT2D eigenvalue weighted by atomic mass is 16.4. The first-order valence-electron chi connectivity index (χ1n) is 5.25. The fourth-order valence-electron chi connectivity index (χ4n) is 1.87. The molecule has 0 radical (unpaired) electrons. The van der Waals surface area contributed by atoms with Crippen molar-refractivity contribution in [3.63, 3.8) is 0 Å². The molecule has 2 N–H and O–H groups in total. The van der Waals surface area contributed by atoms with Crippen LogP contribution in [0.15, 0.2) is 12.4 Å². The lowest BCUT2D eigenvalue weighted by Gasteiger charge is -2.13. The number of carboxylic acid groups (broad SMARTS) is 1. The summed E-state index contributed by atoms with van der Waals surface area (Å²) in [5, 5.41) is 21.5. The third-order valence-corrected chi connectivity index (χ3v) is 2.69.